The Morgan fingerprint density at radius 1 is 1.00 bits per heavy atom. The summed E-state index contributed by atoms with van der Waals surface area (Å²) in [6, 6.07) is 16.9. The molecule has 1 aliphatic carbocycles. The van der Waals surface area contributed by atoms with Crippen molar-refractivity contribution in [1.29, 1.82) is 0 Å². The lowest BCUT2D eigenvalue weighted by Gasteiger charge is -2.34. The molecule has 1 aromatic heterocycles. The molecule has 5 rings (SSSR count). The molecule has 4 aromatic rings. The van der Waals surface area contributed by atoms with Gasteiger partial charge in [-0.25, -0.2) is 9.07 Å². The van der Waals surface area contributed by atoms with Gasteiger partial charge in [0.15, 0.2) is 0 Å². The van der Waals surface area contributed by atoms with E-state index in [1.807, 2.05) is 18.2 Å². The predicted molar refractivity (Wildman–Crippen MR) is 149 cm³/mol. The summed E-state index contributed by atoms with van der Waals surface area (Å²) >= 11 is 0. The van der Waals surface area contributed by atoms with Crippen molar-refractivity contribution in [1.82, 2.24) is 20.3 Å². The maximum absolute atomic E-state index is 15.4. The van der Waals surface area contributed by atoms with Crippen LogP contribution in [0.3, 0.4) is 0 Å². The van der Waals surface area contributed by atoms with Gasteiger partial charge in [0.25, 0.3) is 0 Å². The van der Waals surface area contributed by atoms with Gasteiger partial charge in [0.2, 0.25) is 11.8 Å². The summed E-state index contributed by atoms with van der Waals surface area (Å²) < 4.78 is 27.8. The molecular formula is C30H32FN5O4. The van der Waals surface area contributed by atoms with Crippen molar-refractivity contribution in [3.05, 3.63) is 78.1 Å². The van der Waals surface area contributed by atoms with E-state index in [4.69, 9.17) is 9.47 Å². The molecule has 0 bridgehead atoms. The maximum atomic E-state index is 15.4. The van der Waals surface area contributed by atoms with Crippen LogP contribution in [-0.2, 0) is 16.1 Å². The summed E-state index contributed by atoms with van der Waals surface area (Å²) in [4.78, 5) is 29.6. The zero-order valence-electron chi connectivity index (χ0n) is 22.5. The van der Waals surface area contributed by atoms with Gasteiger partial charge in [-0.05, 0) is 31.0 Å². The Morgan fingerprint density at radius 2 is 1.68 bits per heavy atom. The molecule has 9 nitrogen and oxygen atoms in total. The number of carbonyl (C=O) groups excluding carboxylic acids is 2. The molecule has 2 amide bonds. The third kappa shape index (κ3) is 5.75. The molecule has 208 valence electrons. The Labute approximate surface area is 231 Å². The first kappa shape index (κ1) is 27.1. The van der Waals surface area contributed by atoms with E-state index in [0.717, 1.165) is 32.1 Å². The zero-order chi connectivity index (χ0) is 28.1. The summed E-state index contributed by atoms with van der Waals surface area (Å²) in [6.45, 7) is -0.234. The van der Waals surface area contributed by atoms with Crippen molar-refractivity contribution >= 4 is 28.5 Å². The molecule has 3 aromatic carbocycles. The van der Waals surface area contributed by atoms with E-state index in [-0.39, 0.29) is 18.2 Å². The summed E-state index contributed by atoms with van der Waals surface area (Å²) in [5, 5.41) is 11.4. The number of hydrogen-bond acceptors (Lipinski definition) is 6. The van der Waals surface area contributed by atoms with Gasteiger partial charge < -0.3 is 14.8 Å². The van der Waals surface area contributed by atoms with Crippen molar-refractivity contribution in [2.75, 3.05) is 19.1 Å². The number of halogens is 1. The van der Waals surface area contributed by atoms with Crippen molar-refractivity contribution in [3.8, 4) is 11.5 Å². The molecule has 1 heterocycles. The smallest absolute Gasteiger partial charge is 0.249 e. The molecule has 1 N–H and O–H groups in total. The molecule has 1 aliphatic rings. The van der Waals surface area contributed by atoms with Gasteiger partial charge in [-0.3, -0.25) is 14.5 Å². The van der Waals surface area contributed by atoms with Gasteiger partial charge in [-0.2, -0.15) is 0 Å². The highest BCUT2D eigenvalue weighted by atomic mass is 19.1. The van der Waals surface area contributed by atoms with Crippen LogP contribution in [0.5, 0.6) is 11.5 Å². The van der Waals surface area contributed by atoms with E-state index in [1.165, 1.54) is 35.9 Å². The summed E-state index contributed by atoms with van der Waals surface area (Å²) in [5.41, 5.74) is 1.69. The second-order valence-corrected chi connectivity index (χ2v) is 9.84. The Kier molecular flexibility index (Phi) is 8.23. The number of methoxy groups -OCH3 is 2. The molecule has 0 unspecified atom stereocenters. The van der Waals surface area contributed by atoms with Gasteiger partial charge in [0.05, 0.1) is 25.4 Å². The molecule has 0 aliphatic heterocycles. The number of fused-ring (bicyclic) bond motifs is 1. The molecule has 0 spiro atoms. The number of rotatable bonds is 9. The summed E-state index contributed by atoms with van der Waals surface area (Å²) in [7, 11) is 2.99. The van der Waals surface area contributed by atoms with Crippen LogP contribution in [0.25, 0.3) is 11.0 Å². The van der Waals surface area contributed by atoms with E-state index < -0.39 is 23.7 Å². The summed E-state index contributed by atoms with van der Waals surface area (Å²) in [5.74, 6) is -0.713. The van der Waals surface area contributed by atoms with Gasteiger partial charge in [0, 0.05) is 29.8 Å². The minimum atomic E-state index is -1.30. The first-order valence-corrected chi connectivity index (χ1v) is 13.4. The number of aromatic nitrogens is 3. The SMILES string of the molecule is COc1cc(OC)cc(N(C(=O)Cn2nnc3ccccc32)[C@@H](C(=O)NC2CCCCC2)c2ccccc2F)c1. The number of ether oxygens (including phenoxy) is 2. The fraction of sp³-hybridized carbons (Fsp3) is 0.333. The Balaban J connectivity index is 1.62. The van der Waals surface area contributed by atoms with Gasteiger partial charge in [-0.15, -0.1) is 5.10 Å². The van der Waals surface area contributed by atoms with E-state index in [9.17, 15) is 9.59 Å². The molecule has 0 radical (unpaired) electrons. The Morgan fingerprint density at radius 3 is 2.38 bits per heavy atom. The molecule has 10 heteroatoms. The standard InChI is InChI=1S/C30H32FN5O4/c1-39-22-16-21(17-23(18-22)40-2)36(28(37)19-35-27-15-9-8-14-26(27)33-34-35)29(24-12-6-7-13-25(24)31)30(38)32-20-10-4-3-5-11-20/h6-9,12-18,20,29H,3-5,10-11,19H2,1-2H3,(H,32,38)/t29-/m1/s1. The van der Waals surface area contributed by atoms with Crippen molar-refractivity contribution in [2.24, 2.45) is 0 Å². The first-order chi connectivity index (χ1) is 19.5. The third-order valence-corrected chi connectivity index (χ3v) is 7.25. The number of nitrogens with one attached hydrogen (secondary N) is 1. The highest BCUT2D eigenvalue weighted by Crippen LogP contribution is 2.35. The number of amides is 2. The average molecular weight is 546 g/mol. The largest absolute Gasteiger partial charge is 0.497 e. The minimum absolute atomic E-state index is 0.0495. The number of para-hydroxylation sites is 1. The van der Waals surface area contributed by atoms with Crippen molar-refractivity contribution < 1.29 is 23.5 Å². The zero-order valence-corrected chi connectivity index (χ0v) is 22.5. The van der Waals surface area contributed by atoms with Crippen molar-refractivity contribution in [2.45, 2.75) is 50.7 Å². The van der Waals surface area contributed by atoms with Crippen LogP contribution in [-0.4, -0.2) is 47.1 Å². The first-order valence-electron chi connectivity index (χ1n) is 13.4. The normalized spacial score (nSPS) is 14.5. The van der Waals surface area contributed by atoms with Crippen LogP contribution in [0, 0.1) is 5.82 Å². The second-order valence-electron chi connectivity index (χ2n) is 9.84. The van der Waals surface area contributed by atoms with E-state index >= 15 is 4.39 Å². The number of hydrogen-bond donors (Lipinski definition) is 1. The number of nitrogens with zero attached hydrogens (tertiary/aromatic N) is 4. The van der Waals surface area contributed by atoms with E-state index in [0.29, 0.717) is 28.2 Å². The fourth-order valence-corrected chi connectivity index (χ4v) is 5.23. The Bertz CT molecular complexity index is 1480. The molecule has 40 heavy (non-hydrogen) atoms. The van der Waals surface area contributed by atoms with E-state index in [2.05, 4.69) is 15.6 Å². The lowest BCUT2D eigenvalue weighted by molar-refractivity contribution is -0.127. The van der Waals surface area contributed by atoms with Crippen LogP contribution in [0.15, 0.2) is 66.7 Å². The average Bonchev–Trinajstić information content (AvgIpc) is 3.39. The lowest BCUT2D eigenvalue weighted by Crippen LogP contribution is -2.48. The van der Waals surface area contributed by atoms with Crippen LogP contribution in [0.2, 0.25) is 0 Å². The predicted octanol–water partition coefficient (Wildman–Crippen LogP) is 4.81. The lowest BCUT2D eigenvalue weighted by atomic mass is 9.94. The number of carbonyl (C=O) groups is 2. The van der Waals surface area contributed by atoms with Gasteiger partial charge >= 0.3 is 0 Å². The molecule has 0 saturated heterocycles. The maximum Gasteiger partial charge on any atom is 0.249 e. The van der Waals surface area contributed by atoms with Crippen LogP contribution in [0.1, 0.15) is 43.7 Å². The van der Waals surface area contributed by atoms with E-state index in [1.54, 1.807) is 36.4 Å². The molecule has 1 fully saturated rings. The van der Waals surface area contributed by atoms with Gasteiger partial charge in [-0.1, -0.05) is 54.8 Å². The second kappa shape index (κ2) is 12.1. The fourth-order valence-electron chi connectivity index (χ4n) is 5.23. The topological polar surface area (TPSA) is 98.6 Å². The third-order valence-electron chi connectivity index (χ3n) is 7.25. The molecule has 1 saturated carbocycles. The molecular weight excluding hydrogens is 513 g/mol. The van der Waals surface area contributed by atoms with Crippen LogP contribution >= 0.6 is 0 Å². The highest BCUT2D eigenvalue weighted by Gasteiger charge is 2.36. The van der Waals surface area contributed by atoms with Crippen LogP contribution in [0.4, 0.5) is 10.1 Å². The quantitative estimate of drug-likeness (QED) is 0.324. The number of anilines is 1. The Hall–Kier alpha value is -4.47. The van der Waals surface area contributed by atoms with Crippen molar-refractivity contribution in [3.63, 3.8) is 0 Å². The van der Waals surface area contributed by atoms with Crippen LogP contribution < -0.4 is 19.7 Å². The minimum Gasteiger partial charge on any atom is -0.497 e. The molecule has 1 atom stereocenters. The number of benzene rings is 3. The summed E-state index contributed by atoms with van der Waals surface area (Å²) in [6.07, 6.45) is 4.79. The van der Waals surface area contributed by atoms with Gasteiger partial charge in [0.1, 0.15) is 35.4 Å². The monoisotopic (exact) mass is 545 g/mol. The highest BCUT2D eigenvalue weighted by molar-refractivity contribution is 6.02.